The van der Waals surface area contributed by atoms with Gasteiger partial charge in [0.1, 0.15) is 6.10 Å². The maximum Gasteiger partial charge on any atom is 0.165 e. The van der Waals surface area contributed by atoms with Crippen molar-refractivity contribution < 1.29 is 9.84 Å². The normalized spacial score (nSPS) is 29.5. The Balaban J connectivity index is 1.34. The predicted molar refractivity (Wildman–Crippen MR) is 108 cm³/mol. The Hall–Kier alpha value is -1.71. The van der Waals surface area contributed by atoms with Crippen molar-refractivity contribution in [3.8, 4) is 11.5 Å². The van der Waals surface area contributed by atoms with Gasteiger partial charge in [-0.2, -0.15) is 0 Å². The van der Waals surface area contributed by atoms with Crippen LogP contribution in [0.1, 0.15) is 36.8 Å². The van der Waals surface area contributed by atoms with Gasteiger partial charge in [0.2, 0.25) is 0 Å². The molecule has 2 aliphatic heterocycles. The van der Waals surface area contributed by atoms with E-state index >= 15 is 0 Å². The van der Waals surface area contributed by atoms with Crippen molar-refractivity contribution in [2.75, 3.05) is 19.6 Å². The van der Waals surface area contributed by atoms with Crippen LogP contribution in [0.25, 0.3) is 0 Å². The molecule has 5 rings (SSSR count). The van der Waals surface area contributed by atoms with Gasteiger partial charge in [-0.1, -0.05) is 35.9 Å². The van der Waals surface area contributed by atoms with E-state index in [1.807, 2.05) is 18.2 Å². The molecule has 2 aromatic carbocycles. The molecule has 4 heteroatoms. The Labute approximate surface area is 165 Å². The molecule has 3 aliphatic rings. The Bertz CT molecular complexity index is 837. The molecule has 3 atom stereocenters. The van der Waals surface area contributed by atoms with E-state index in [1.54, 1.807) is 6.07 Å². The van der Waals surface area contributed by atoms with Gasteiger partial charge in [-0.25, -0.2) is 0 Å². The van der Waals surface area contributed by atoms with Crippen LogP contribution in [0.5, 0.6) is 11.5 Å². The summed E-state index contributed by atoms with van der Waals surface area (Å²) in [5.74, 6) is 1.67. The van der Waals surface area contributed by atoms with Crippen molar-refractivity contribution >= 4 is 11.6 Å². The van der Waals surface area contributed by atoms with Crippen molar-refractivity contribution in [2.45, 2.75) is 43.6 Å². The van der Waals surface area contributed by atoms with E-state index in [0.717, 1.165) is 49.7 Å². The molecular formula is C23H26ClNO2. The molecule has 142 valence electrons. The molecule has 1 aliphatic carbocycles. The number of halogens is 1. The average molecular weight is 384 g/mol. The minimum atomic E-state index is 0.100. The number of para-hydroxylation sites is 1. The highest BCUT2D eigenvalue weighted by molar-refractivity contribution is 6.30. The molecular weight excluding hydrogens is 358 g/mol. The van der Waals surface area contributed by atoms with Gasteiger partial charge in [-0.15, -0.1) is 0 Å². The van der Waals surface area contributed by atoms with Crippen LogP contribution in [0.3, 0.4) is 0 Å². The molecule has 1 N–H and O–H groups in total. The van der Waals surface area contributed by atoms with Gasteiger partial charge >= 0.3 is 0 Å². The van der Waals surface area contributed by atoms with Gasteiger partial charge in [-0.05, 0) is 68.3 Å². The van der Waals surface area contributed by atoms with Crippen LogP contribution in [-0.4, -0.2) is 35.7 Å². The van der Waals surface area contributed by atoms with Gasteiger partial charge in [0.05, 0.1) is 0 Å². The largest absolute Gasteiger partial charge is 0.504 e. The summed E-state index contributed by atoms with van der Waals surface area (Å²) >= 11 is 6.00. The molecule has 2 aromatic rings. The topological polar surface area (TPSA) is 32.7 Å². The van der Waals surface area contributed by atoms with Crippen molar-refractivity contribution in [3.05, 3.63) is 58.6 Å². The lowest BCUT2D eigenvalue weighted by Gasteiger charge is -2.51. The Kier molecular flexibility index (Phi) is 4.33. The predicted octanol–water partition coefficient (Wildman–Crippen LogP) is 4.79. The van der Waals surface area contributed by atoms with Gasteiger partial charge in [0.15, 0.2) is 11.5 Å². The quantitative estimate of drug-likeness (QED) is 0.826. The molecule has 1 saturated heterocycles. The summed E-state index contributed by atoms with van der Waals surface area (Å²) in [6, 6.07) is 14.1. The lowest BCUT2D eigenvalue weighted by Crippen LogP contribution is -2.56. The van der Waals surface area contributed by atoms with Crippen LogP contribution in [0.15, 0.2) is 42.5 Å². The summed E-state index contributed by atoms with van der Waals surface area (Å²) in [5.41, 5.74) is 2.71. The zero-order chi connectivity index (χ0) is 18.4. The van der Waals surface area contributed by atoms with Crippen LogP contribution in [0.2, 0.25) is 5.02 Å². The molecule has 3 unspecified atom stereocenters. The first-order valence-electron chi connectivity index (χ1n) is 10.1. The van der Waals surface area contributed by atoms with Crippen molar-refractivity contribution in [1.29, 1.82) is 0 Å². The standard InChI is InChI=1S/C23H26ClNO2/c24-18-9-7-16(8-10-18)11-13-25-14-12-23-17(15-25)3-1-6-21(23)27-22-19(23)4-2-5-20(22)26/h2,4-5,7-10,17,21,26H,1,3,6,11-15H2. The number of aromatic hydroxyl groups is 1. The zero-order valence-electron chi connectivity index (χ0n) is 15.5. The lowest BCUT2D eigenvalue weighted by atomic mass is 9.58. The number of nitrogens with zero attached hydrogens (tertiary/aromatic N) is 1. The number of phenols is 1. The third-order valence-electron chi connectivity index (χ3n) is 7.03. The van der Waals surface area contributed by atoms with E-state index in [1.165, 1.54) is 24.0 Å². The van der Waals surface area contributed by atoms with Crippen LogP contribution < -0.4 is 4.74 Å². The van der Waals surface area contributed by atoms with Gasteiger partial charge in [0, 0.05) is 29.1 Å². The second kappa shape index (κ2) is 6.72. The highest BCUT2D eigenvalue weighted by Gasteiger charge is 2.57. The molecule has 27 heavy (non-hydrogen) atoms. The Morgan fingerprint density at radius 3 is 2.85 bits per heavy atom. The fraction of sp³-hybridized carbons (Fsp3) is 0.478. The Morgan fingerprint density at radius 1 is 1.15 bits per heavy atom. The summed E-state index contributed by atoms with van der Waals surface area (Å²) in [6.07, 6.45) is 6.00. The minimum absolute atomic E-state index is 0.100. The number of fused-ring (bicyclic) bond motifs is 1. The van der Waals surface area contributed by atoms with Gasteiger partial charge < -0.3 is 14.7 Å². The molecule has 0 bridgehead atoms. The van der Waals surface area contributed by atoms with E-state index in [-0.39, 0.29) is 11.5 Å². The number of rotatable bonds is 3. The monoisotopic (exact) mass is 383 g/mol. The van der Waals surface area contributed by atoms with Gasteiger partial charge in [-0.3, -0.25) is 0 Å². The average Bonchev–Trinajstić information content (AvgIpc) is 3.02. The van der Waals surface area contributed by atoms with Crippen LogP contribution in [-0.2, 0) is 11.8 Å². The van der Waals surface area contributed by atoms with E-state index < -0.39 is 0 Å². The smallest absolute Gasteiger partial charge is 0.165 e. The fourth-order valence-electron chi connectivity index (χ4n) is 5.68. The van der Waals surface area contributed by atoms with Crippen molar-refractivity contribution in [1.82, 2.24) is 4.90 Å². The first-order chi connectivity index (χ1) is 13.2. The van der Waals surface area contributed by atoms with Crippen LogP contribution in [0, 0.1) is 5.92 Å². The second-order valence-corrected chi connectivity index (χ2v) is 8.79. The SMILES string of the molecule is Oc1cccc2c1OC1CCCC3CN(CCc4ccc(Cl)cc4)CCC231. The lowest BCUT2D eigenvalue weighted by molar-refractivity contribution is -0.00691. The molecule has 1 spiro atoms. The molecule has 2 fully saturated rings. The van der Waals surface area contributed by atoms with E-state index in [0.29, 0.717) is 11.7 Å². The number of hydrogen-bond acceptors (Lipinski definition) is 3. The summed E-state index contributed by atoms with van der Waals surface area (Å²) in [5, 5.41) is 11.1. The summed E-state index contributed by atoms with van der Waals surface area (Å²) in [6.45, 7) is 3.31. The first-order valence-corrected chi connectivity index (χ1v) is 10.5. The maximum atomic E-state index is 10.3. The molecule has 2 heterocycles. The zero-order valence-corrected chi connectivity index (χ0v) is 16.3. The molecule has 1 saturated carbocycles. The van der Waals surface area contributed by atoms with Crippen molar-refractivity contribution in [3.63, 3.8) is 0 Å². The fourth-order valence-corrected chi connectivity index (χ4v) is 5.81. The summed E-state index contributed by atoms with van der Waals surface area (Å²) < 4.78 is 6.30. The molecule has 0 radical (unpaired) electrons. The molecule has 0 amide bonds. The van der Waals surface area contributed by atoms with Gasteiger partial charge in [0.25, 0.3) is 0 Å². The second-order valence-electron chi connectivity index (χ2n) is 8.36. The summed E-state index contributed by atoms with van der Waals surface area (Å²) in [7, 11) is 0. The maximum absolute atomic E-state index is 10.3. The highest BCUT2D eigenvalue weighted by Crippen LogP contribution is 2.58. The molecule has 0 aromatic heterocycles. The molecule has 3 nitrogen and oxygen atoms in total. The highest BCUT2D eigenvalue weighted by atomic mass is 35.5. The van der Waals surface area contributed by atoms with Crippen molar-refractivity contribution in [2.24, 2.45) is 5.92 Å². The summed E-state index contributed by atoms with van der Waals surface area (Å²) in [4.78, 5) is 2.62. The number of ether oxygens (including phenoxy) is 1. The number of piperidine rings is 1. The first kappa shape index (κ1) is 17.4. The Morgan fingerprint density at radius 2 is 2.00 bits per heavy atom. The number of benzene rings is 2. The third-order valence-corrected chi connectivity index (χ3v) is 7.28. The van der Waals surface area contributed by atoms with Crippen LogP contribution in [0.4, 0.5) is 0 Å². The van der Waals surface area contributed by atoms with Crippen LogP contribution >= 0.6 is 11.6 Å². The minimum Gasteiger partial charge on any atom is -0.504 e. The number of phenolic OH excluding ortho intramolecular Hbond substituents is 1. The number of hydrogen-bond donors (Lipinski definition) is 1. The van der Waals surface area contributed by atoms with E-state index in [9.17, 15) is 5.11 Å². The van der Waals surface area contributed by atoms with E-state index in [4.69, 9.17) is 16.3 Å². The van der Waals surface area contributed by atoms with E-state index in [2.05, 4.69) is 23.1 Å². The third kappa shape index (κ3) is 2.83. The number of likely N-dealkylation sites (tertiary alicyclic amines) is 1.